The van der Waals surface area contributed by atoms with E-state index in [4.69, 9.17) is 0 Å². The zero-order valence-corrected chi connectivity index (χ0v) is 18.4. The second-order valence-corrected chi connectivity index (χ2v) is 9.39. The van der Waals surface area contributed by atoms with Gasteiger partial charge in [0.05, 0.1) is 18.0 Å². The van der Waals surface area contributed by atoms with E-state index in [1.165, 1.54) is 5.56 Å². The van der Waals surface area contributed by atoms with Gasteiger partial charge in [0.1, 0.15) is 6.54 Å². The van der Waals surface area contributed by atoms with Gasteiger partial charge in [-0.1, -0.05) is 31.2 Å². The van der Waals surface area contributed by atoms with Crippen LogP contribution in [0.25, 0.3) is 0 Å². The fourth-order valence-electron chi connectivity index (χ4n) is 3.27. The van der Waals surface area contributed by atoms with Crippen molar-refractivity contribution in [2.75, 3.05) is 17.1 Å². The molecule has 0 aromatic heterocycles. The van der Waals surface area contributed by atoms with Crippen LogP contribution >= 0.6 is 0 Å². The van der Waals surface area contributed by atoms with Crippen molar-refractivity contribution in [1.82, 2.24) is 5.32 Å². The van der Waals surface area contributed by atoms with Crippen molar-refractivity contribution in [3.8, 4) is 0 Å². The normalized spacial score (nSPS) is 12.5. The van der Waals surface area contributed by atoms with E-state index in [-0.39, 0.29) is 18.5 Å². The van der Waals surface area contributed by atoms with E-state index in [0.717, 1.165) is 39.2 Å². The Balaban J connectivity index is 2.24. The van der Waals surface area contributed by atoms with Crippen LogP contribution in [-0.4, -0.2) is 27.1 Å². The van der Waals surface area contributed by atoms with Crippen molar-refractivity contribution in [3.63, 3.8) is 0 Å². The topological polar surface area (TPSA) is 66.5 Å². The Labute approximate surface area is 168 Å². The van der Waals surface area contributed by atoms with Gasteiger partial charge >= 0.3 is 0 Å². The predicted molar refractivity (Wildman–Crippen MR) is 115 cm³/mol. The second kappa shape index (κ2) is 8.78. The molecule has 0 aliphatic rings. The number of benzene rings is 2. The van der Waals surface area contributed by atoms with Crippen molar-refractivity contribution in [1.29, 1.82) is 0 Å². The molecule has 0 aliphatic heterocycles. The Morgan fingerprint density at radius 2 is 1.61 bits per heavy atom. The lowest BCUT2D eigenvalue weighted by Gasteiger charge is -2.25. The van der Waals surface area contributed by atoms with Crippen LogP contribution < -0.4 is 9.62 Å². The largest absolute Gasteiger partial charge is 0.348 e. The highest BCUT2D eigenvalue weighted by Crippen LogP contribution is 2.23. The summed E-state index contributed by atoms with van der Waals surface area (Å²) in [6, 6.07) is 11.5. The van der Waals surface area contributed by atoms with Crippen LogP contribution in [0, 0.1) is 27.7 Å². The molecule has 2 aromatic carbocycles. The third kappa shape index (κ3) is 5.58. The van der Waals surface area contributed by atoms with Gasteiger partial charge in [0.25, 0.3) is 0 Å². The molecule has 5 nitrogen and oxygen atoms in total. The number of hydrogen-bond acceptors (Lipinski definition) is 3. The summed E-state index contributed by atoms with van der Waals surface area (Å²) in [6.45, 7) is 9.65. The average Bonchev–Trinajstić information content (AvgIpc) is 2.58. The van der Waals surface area contributed by atoms with Crippen LogP contribution in [0.1, 0.15) is 47.2 Å². The number of sulfonamides is 1. The minimum Gasteiger partial charge on any atom is -0.348 e. The summed E-state index contributed by atoms with van der Waals surface area (Å²) in [6.07, 6.45) is 1.84. The summed E-state index contributed by atoms with van der Waals surface area (Å²) in [5, 5.41) is 2.99. The molecular weight excluding hydrogens is 372 g/mol. The first kappa shape index (κ1) is 22.0. The van der Waals surface area contributed by atoms with Gasteiger partial charge in [0.15, 0.2) is 0 Å². The molecule has 2 rings (SSSR count). The quantitative estimate of drug-likeness (QED) is 0.762. The van der Waals surface area contributed by atoms with Crippen LogP contribution in [0.5, 0.6) is 0 Å². The lowest BCUT2D eigenvalue weighted by Crippen LogP contribution is -2.41. The molecule has 0 spiro atoms. The number of nitrogens with one attached hydrogen (secondary N) is 1. The maximum Gasteiger partial charge on any atom is 0.241 e. The lowest BCUT2D eigenvalue weighted by molar-refractivity contribution is -0.120. The van der Waals surface area contributed by atoms with E-state index in [1.807, 2.05) is 52.8 Å². The zero-order chi connectivity index (χ0) is 21.1. The first-order valence-electron chi connectivity index (χ1n) is 9.43. The third-order valence-corrected chi connectivity index (χ3v) is 6.00. The summed E-state index contributed by atoms with van der Waals surface area (Å²) in [5.74, 6) is -0.324. The van der Waals surface area contributed by atoms with Gasteiger partial charge in [-0.25, -0.2) is 8.42 Å². The Bertz CT molecular complexity index is 947. The molecule has 0 aliphatic carbocycles. The average molecular weight is 403 g/mol. The van der Waals surface area contributed by atoms with Gasteiger partial charge in [-0.2, -0.15) is 0 Å². The molecule has 0 fully saturated rings. The fourth-order valence-corrected chi connectivity index (χ4v) is 4.11. The number of nitrogens with zero attached hydrogens (tertiary/aromatic N) is 1. The number of hydrogen-bond donors (Lipinski definition) is 1. The molecule has 2 aromatic rings. The standard InChI is InChI=1S/C22H30N2O3S/c1-7-21(19-9-8-17(4)18(5)13-19)23-22(25)14-24(28(6,26)27)20-11-15(2)10-16(3)12-20/h8-13,21H,7,14H2,1-6H3,(H,23,25)/t21-/m0/s1. The van der Waals surface area contributed by atoms with Crippen molar-refractivity contribution >= 4 is 21.6 Å². The maximum absolute atomic E-state index is 12.7. The Morgan fingerprint density at radius 1 is 1.00 bits per heavy atom. The van der Waals surface area contributed by atoms with E-state index in [1.54, 1.807) is 12.1 Å². The van der Waals surface area contributed by atoms with Gasteiger partial charge in [-0.3, -0.25) is 9.10 Å². The van der Waals surface area contributed by atoms with Gasteiger partial charge in [0.2, 0.25) is 15.9 Å². The number of aryl methyl sites for hydroxylation is 4. The number of carbonyl (C=O) groups is 1. The van der Waals surface area contributed by atoms with Crippen LogP contribution in [0.3, 0.4) is 0 Å². The van der Waals surface area contributed by atoms with Crippen molar-refractivity contribution in [2.24, 2.45) is 0 Å². The molecule has 0 saturated heterocycles. The number of anilines is 1. The molecule has 0 radical (unpaired) electrons. The molecule has 1 amide bonds. The Kier molecular flexibility index (Phi) is 6.88. The van der Waals surface area contributed by atoms with Gasteiger partial charge < -0.3 is 5.32 Å². The molecule has 1 N–H and O–H groups in total. The van der Waals surface area contributed by atoms with E-state index in [9.17, 15) is 13.2 Å². The molecule has 28 heavy (non-hydrogen) atoms. The highest BCUT2D eigenvalue weighted by molar-refractivity contribution is 7.92. The molecule has 0 heterocycles. The van der Waals surface area contributed by atoms with Gasteiger partial charge in [0, 0.05) is 0 Å². The van der Waals surface area contributed by atoms with E-state index in [0.29, 0.717) is 5.69 Å². The van der Waals surface area contributed by atoms with Gasteiger partial charge in [-0.05, 0) is 74.1 Å². The van der Waals surface area contributed by atoms with Crippen LogP contribution in [0.4, 0.5) is 5.69 Å². The molecule has 152 valence electrons. The fraction of sp³-hybridized carbons (Fsp3) is 0.409. The number of amides is 1. The highest BCUT2D eigenvalue weighted by Gasteiger charge is 2.23. The Morgan fingerprint density at radius 3 is 2.11 bits per heavy atom. The van der Waals surface area contributed by atoms with E-state index < -0.39 is 10.0 Å². The van der Waals surface area contributed by atoms with Crippen LogP contribution in [0.2, 0.25) is 0 Å². The van der Waals surface area contributed by atoms with Crippen LogP contribution in [0.15, 0.2) is 36.4 Å². The summed E-state index contributed by atoms with van der Waals surface area (Å²) >= 11 is 0. The van der Waals surface area contributed by atoms with Crippen LogP contribution in [-0.2, 0) is 14.8 Å². The minimum absolute atomic E-state index is 0.160. The summed E-state index contributed by atoms with van der Waals surface area (Å²) < 4.78 is 25.8. The van der Waals surface area contributed by atoms with E-state index in [2.05, 4.69) is 11.4 Å². The molecule has 6 heteroatoms. The molecule has 0 saturated carbocycles. The molecular formula is C22H30N2O3S. The monoisotopic (exact) mass is 402 g/mol. The summed E-state index contributed by atoms with van der Waals surface area (Å²) in [5.41, 5.74) is 5.79. The summed E-state index contributed by atoms with van der Waals surface area (Å²) in [4.78, 5) is 12.7. The highest BCUT2D eigenvalue weighted by atomic mass is 32.2. The third-order valence-electron chi connectivity index (χ3n) is 4.86. The first-order valence-corrected chi connectivity index (χ1v) is 11.3. The number of rotatable bonds is 7. The number of carbonyl (C=O) groups excluding carboxylic acids is 1. The second-order valence-electron chi connectivity index (χ2n) is 7.49. The Hall–Kier alpha value is -2.34. The predicted octanol–water partition coefficient (Wildman–Crippen LogP) is 3.95. The van der Waals surface area contributed by atoms with Crippen molar-refractivity contribution in [3.05, 3.63) is 64.2 Å². The maximum atomic E-state index is 12.7. The SMILES string of the molecule is CC[C@H](NC(=O)CN(c1cc(C)cc(C)c1)S(C)(=O)=O)c1ccc(C)c(C)c1. The first-order chi connectivity index (χ1) is 13.0. The smallest absolute Gasteiger partial charge is 0.241 e. The van der Waals surface area contributed by atoms with Crippen molar-refractivity contribution < 1.29 is 13.2 Å². The zero-order valence-electron chi connectivity index (χ0n) is 17.5. The minimum atomic E-state index is -3.59. The lowest BCUT2D eigenvalue weighted by atomic mass is 9.99. The van der Waals surface area contributed by atoms with Crippen molar-refractivity contribution in [2.45, 2.75) is 47.1 Å². The van der Waals surface area contributed by atoms with Gasteiger partial charge in [-0.15, -0.1) is 0 Å². The van der Waals surface area contributed by atoms with E-state index >= 15 is 0 Å². The molecule has 0 bridgehead atoms. The molecule has 1 atom stereocenters. The molecule has 0 unspecified atom stereocenters. The summed E-state index contributed by atoms with van der Waals surface area (Å²) in [7, 11) is -3.59.